The van der Waals surface area contributed by atoms with E-state index in [9.17, 15) is 4.79 Å². The van der Waals surface area contributed by atoms with Gasteiger partial charge in [0, 0.05) is 18.6 Å². The van der Waals surface area contributed by atoms with Gasteiger partial charge < -0.3 is 15.0 Å². The number of unbranched alkanes of at least 4 members (excludes halogenated alkanes) is 1. The zero-order valence-electron chi connectivity index (χ0n) is 11.6. The van der Waals surface area contributed by atoms with Crippen LogP contribution in [0.5, 0.6) is 5.75 Å². The Labute approximate surface area is 119 Å². The summed E-state index contributed by atoms with van der Waals surface area (Å²) in [5, 5.41) is 3.44. The molecule has 1 unspecified atom stereocenters. The van der Waals surface area contributed by atoms with E-state index in [4.69, 9.17) is 16.3 Å². The maximum atomic E-state index is 11.8. The second-order valence-corrected chi connectivity index (χ2v) is 4.88. The monoisotopic (exact) mass is 284 g/mol. The van der Waals surface area contributed by atoms with Gasteiger partial charge in [0.05, 0.1) is 0 Å². The molecule has 2 amide bonds. The minimum Gasteiger partial charge on any atom is -0.471 e. The van der Waals surface area contributed by atoms with Crippen molar-refractivity contribution in [1.29, 1.82) is 0 Å². The Morgan fingerprint density at radius 1 is 1.42 bits per heavy atom. The van der Waals surface area contributed by atoms with Gasteiger partial charge in [0.1, 0.15) is 5.75 Å². The van der Waals surface area contributed by atoms with Crippen LogP contribution in [0.3, 0.4) is 0 Å². The number of hydrogen-bond acceptors (Lipinski definition) is 2. The topological polar surface area (TPSA) is 41.6 Å². The molecule has 0 aliphatic rings. The van der Waals surface area contributed by atoms with Gasteiger partial charge in [-0.1, -0.05) is 24.9 Å². The predicted octanol–water partition coefficient (Wildman–Crippen LogP) is 3.51. The zero-order valence-corrected chi connectivity index (χ0v) is 12.4. The molecule has 1 N–H and O–H groups in total. The Morgan fingerprint density at radius 2 is 2.05 bits per heavy atom. The highest BCUT2D eigenvalue weighted by Crippen LogP contribution is 2.16. The van der Waals surface area contributed by atoms with Crippen molar-refractivity contribution in [2.24, 2.45) is 0 Å². The van der Waals surface area contributed by atoms with Gasteiger partial charge in [-0.05, 0) is 37.6 Å². The third kappa shape index (κ3) is 5.83. The summed E-state index contributed by atoms with van der Waals surface area (Å²) in [6.45, 7) is 4.63. The van der Waals surface area contributed by atoms with Crippen molar-refractivity contribution in [2.45, 2.75) is 32.9 Å². The summed E-state index contributed by atoms with van der Waals surface area (Å²) in [6, 6.07) is 6.91. The fourth-order valence-electron chi connectivity index (χ4n) is 1.53. The minimum absolute atomic E-state index is 0.130. The molecule has 0 heterocycles. The van der Waals surface area contributed by atoms with Gasteiger partial charge in [-0.15, -0.1) is 0 Å². The van der Waals surface area contributed by atoms with Crippen molar-refractivity contribution < 1.29 is 9.53 Å². The fraction of sp³-hybridized carbons (Fsp3) is 0.500. The van der Waals surface area contributed by atoms with E-state index >= 15 is 0 Å². The second-order valence-electron chi connectivity index (χ2n) is 4.44. The molecule has 19 heavy (non-hydrogen) atoms. The number of carbonyl (C=O) groups excluding carboxylic acids is 1. The standard InChI is InChI=1S/C14H21ClN2O2/c1-4-5-10-17(3)14(18)16-11(2)19-13-8-6-12(15)7-9-13/h6-9,11H,4-5,10H2,1-3H3,(H,16,18). The van der Waals surface area contributed by atoms with Crippen molar-refractivity contribution >= 4 is 17.6 Å². The van der Waals surface area contributed by atoms with E-state index in [1.54, 1.807) is 43.1 Å². The molecule has 0 aliphatic heterocycles. The van der Waals surface area contributed by atoms with Gasteiger partial charge in [-0.25, -0.2) is 4.79 Å². The fourth-order valence-corrected chi connectivity index (χ4v) is 1.65. The van der Waals surface area contributed by atoms with Gasteiger partial charge in [0.25, 0.3) is 0 Å². The Kier molecular flexibility index (Phi) is 6.50. The number of amides is 2. The van der Waals surface area contributed by atoms with Crippen LogP contribution in [0.15, 0.2) is 24.3 Å². The lowest BCUT2D eigenvalue weighted by Crippen LogP contribution is -2.44. The van der Waals surface area contributed by atoms with Crippen LogP contribution >= 0.6 is 11.6 Å². The summed E-state index contributed by atoms with van der Waals surface area (Å²) in [7, 11) is 1.78. The van der Waals surface area contributed by atoms with E-state index < -0.39 is 6.23 Å². The van der Waals surface area contributed by atoms with Crippen molar-refractivity contribution in [2.75, 3.05) is 13.6 Å². The lowest BCUT2D eigenvalue weighted by molar-refractivity contribution is 0.158. The number of hydrogen-bond donors (Lipinski definition) is 1. The highest BCUT2D eigenvalue weighted by molar-refractivity contribution is 6.30. The van der Waals surface area contributed by atoms with Gasteiger partial charge >= 0.3 is 6.03 Å². The van der Waals surface area contributed by atoms with Crippen molar-refractivity contribution in [3.8, 4) is 5.75 Å². The molecule has 5 heteroatoms. The van der Waals surface area contributed by atoms with Crippen LogP contribution in [0.2, 0.25) is 5.02 Å². The highest BCUT2D eigenvalue weighted by Gasteiger charge is 2.12. The average Bonchev–Trinajstić information content (AvgIpc) is 2.38. The van der Waals surface area contributed by atoms with Crippen LogP contribution in [0.25, 0.3) is 0 Å². The Balaban J connectivity index is 2.39. The predicted molar refractivity (Wildman–Crippen MR) is 77.6 cm³/mol. The molecular weight excluding hydrogens is 264 g/mol. The molecule has 4 nitrogen and oxygen atoms in total. The molecule has 0 bridgehead atoms. The normalized spacial score (nSPS) is 11.8. The lowest BCUT2D eigenvalue weighted by Gasteiger charge is -2.22. The molecule has 0 saturated carbocycles. The van der Waals surface area contributed by atoms with Gasteiger partial charge in [-0.2, -0.15) is 0 Å². The SMILES string of the molecule is CCCCN(C)C(=O)NC(C)Oc1ccc(Cl)cc1. The summed E-state index contributed by atoms with van der Waals surface area (Å²) < 4.78 is 5.58. The van der Waals surface area contributed by atoms with E-state index in [-0.39, 0.29) is 6.03 Å². The summed E-state index contributed by atoms with van der Waals surface area (Å²) in [6.07, 6.45) is 1.67. The molecule has 1 aromatic carbocycles. The average molecular weight is 285 g/mol. The molecular formula is C14H21ClN2O2. The summed E-state index contributed by atoms with van der Waals surface area (Å²) in [5.74, 6) is 0.674. The first-order valence-corrected chi connectivity index (χ1v) is 6.84. The van der Waals surface area contributed by atoms with Crippen molar-refractivity contribution in [3.05, 3.63) is 29.3 Å². The van der Waals surface area contributed by atoms with Gasteiger partial charge in [0.15, 0.2) is 6.23 Å². The Hall–Kier alpha value is -1.42. The van der Waals surface area contributed by atoms with Gasteiger partial charge in [-0.3, -0.25) is 0 Å². The lowest BCUT2D eigenvalue weighted by atomic mass is 10.3. The largest absolute Gasteiger partial charge is 0.471 e. The van der Waals surface area contributed by atoms with Crippen molar-refractivity contribution in [3.63, 3.8) is 0 Å². The third-order valence-electron chi connectivity index (χ3n) is 2.65. The maximum absolute atomic E-state index is 11.8. The Bertz CT molecular complexity index is 395. The molecule has 0 saturated heterocycles. The van der Waals surface area contributed by atoms with E-state index in [1.165, 1.54) is 0 Å². The minimum atomic E-state index is -0.391. The molecule has 0 aliphatic carbocycles. The van der Waals surface area contributed by atoms with Crippen LogP contribution in [-0.4, -0.2) is 30.8 Å². The van der Waals surface area contributed by atoms with Crippen LogP contribution in [-0.2, 0) is 0 Å². The Morgan fingerprint density at radius 3 is 2.63 bits per heavy atom. The number of nitrogens with zero attached hydrogens (tertiary/aromatic N) is 1. The molecule has 0 radical (unpaired) electrons. The van der Waals surface area contributed by atoms with E-state index in [0.29, 0.717) is 10.8 Å². The first kappa shape index (κ1) is 15.6. The number of nitrogens with one attached hydrogen (secondary N) is 1. The number of halogens is 1. The molecule has 0 fully saturated rings. The summed E-state index contributed by atoms with van der Waals surface area (Å²) in [4.78, 5) is 13.5. The molecule has 1 rings (SSSR count). The number of urea groups is 1. The van der Waals surface area contributed by atoms with E-state index in [2.05, 4.69) is 12.2 Å². The first-order valence-electron chi connectivity index (χ1n) is 6.46. The highest BCUT2D eigenvalue weighted by atomic mass is 35.5. The summed E-state index contributed by atoms with van der Waals surface area (Å²) >= 11 is 5.79. The molecule has 106 valence electrons. The van der Waals surface area contributed by atoms with E-state index in [1.807, 2.05) is 0 Å². The summed E-state index contributed by atoms with van der Waals surface area (Å²) in [5.41, 5.74) is 0. The number of ether oxygens (including phenoxy) is 1. The van der Waals surface area contributed by atoms with Gasteiger partial charge in [0.2, 0.25) is 0 Å². The first-order chi connectivity index (χ1) is 9.02. The molecule has 1 aromatic rings. The van der Waals surface area contributed by atoms with E-state index in [0.717, 1.165) is 19.4 Å². The smallest absolute Gasteiger partial charge is 0.319 e. The van der Waals surface area contributed by atoms with Crippen molar-refractivity contribution in [1.82, 2.24) is 10.2 Å². The van der Waals surface area contributed by atoms with Crippen LogP contribution < -0.4 is 10.1 Å². The third-order valence-corrected chi connectivity index (χ3v) is 2.90. The maximum Gasteiger partial charge on any atom is 0.319 e. The molecule has 1 atom stereocenters. The molecule has 0 aromatic heterocycles. The van der Waals surface area contributed by atoms with Crippen LogP contribution in [0.1, 0.15) is 26.7 Å². The molecule has 0 spiro atoms. The number of carbonyl (C=O) groups is 1. The quantitative estimate of drug-likeness (QED) is 0.812. The number of benzene rings is 1. The van der Waals surface area contributed by atoms with Crippen LogP contribution in [0.4, 0.5) is 4.79 Å². The van der Waals surface area contributed by atoms with Crippen LogP contribution in [0, 0.1) is 0 Å². The number of rotatable bonds is 6. The second kappa shape index (κ2) is 7.89. The zero-order chi connectivity index (χ0) is 14.3.